The number of unbranched alkanes of at least 4 members (excludes halogenated alkanes) is 2. The van der Waals surface area contributed by atoms with Gasteiger partial charge in [-0.2, -0.15) is 0 Å². The lowest BCUT2D eigenvalue weighted by Crippen LogP contribution is -2.70. The van der Waals surface area contributed by atoms with Crippen molar-refractivity contribution in [2.24, 2.45) is 22.9 Å². The number of allylic oxidation sites excluding steroid dienone is 1. The van der Waals surface area contributed by atoms with Crippen LogP contribution in [0.15, 0.2) is 133 Å². The summed E-state index contributed by atoms with van der Waals surface area (Å²) in [6.07, 6.45) is 10.8. The summed E-state index contributed by atoms with van der Waals surface area (Å²) in [5.41, 5.74) is 4.06. The zero-order valence-electron chi connectivity index (χ0n) is 39.8. The highest BCUT2D eigenvalue weighted by Crippen LogP contribution is 2.62. The van der Waals surface area contributed by atoms with E-state index in [4.69, 9.17) is 24.2 Å². The number of aliphatic hydroxyl groups excluding tert-OH is 2. The minimum Gasteiger partial charge on any atom is -0.459 e. The molecule has 4 aromatic carbocycles. The number of carbonyl (C=O) groups excluding carboxylic acids is 2. The van der Waals surface area contributed by atoms with Gasteiger partial charge in [0, 0.05) is 74.5 Å². The van der Waals surface area contributed by atoms with Gasteiger partial charge in [0.1, 0.15) is 24.1 Å². The van der Waals surface area contributed by atoms with Crippen LogP contribution in [0.3, 0.4) is 0 Å². The molecule has 1 saturated carbocycles. The van der Waals surface area contributed by atoms with E-state index in [0.717, 1.165) is 23.1 Å². The van der Waals surface area contributed by atoms with Crippen molar-refractivity contribution >= 4 is 35.2 Å². The van der Waals surface area contributed by atoms with Gasteiger partial charge in [0.05, 0.1) is 28.1 Å². The van der Waals surface area contributed by atoms with Gasteiger partial charge < -0.3 is 39.5 Å². The molecule has 17 heteroatoms. The van der Waals surface area contributed by atoms with E-state index in [2.05, 4.69) is 18.0 Å². The van der Waals surface area contributed by atoms with Gasteiger partial charge >= 0.3 is 6.09 Å². The maximum absolute atomic E-state index is 14.8. The number of hydrogen-bond donors (Lipinski definition) is 3. The molecule has 3 N–H and O–H groups in total. The van der Waals surface area contributed by atoms with Gasteiger partial charge in [-0.15, -0.1) is 6.58 Å². The number of ether oxygens (including phenoxy) is 3. The number of rotatable bonds is 24. The fourth-order valence-electron chi connectivity index (χ4n) is 10.2. The summed E-state index contributed by atoms with van der Waals surface area (Å²) >= 11 is 0. The standard InChI is InChI=1S/C54H61N5O12/c1-3-28-57(50(62)27-20-37-16-21-41(22-17-37)58(64)65)49-34-47(56-69-36-39-18-23-42(24-19-39)59(66)67)45-32-40(14-8-10-29-60)44(15-9-11-30-61)51-46-33-43(70-53(63)55-35-38-12-6-5-7-13-38)25-26-48(46)71-54(49,52(45)51)68-31-4-2/h4-7,12-13,16-27,32-33,40,44,49,51-52,60-61H,2-3,8-11,14-15,28-31,34-36H2,1H3,(H,55,63). The highest BCUT2D eigenvalue weighted by atomic mass is 16.7. The molecule has 4 aromatic rings. The van der Waals surface area contributed by atoms with Crippen LogP contribution >= 0.6 is 0 Å². The number of non-ortho nitro benzene ring substituents is 2. The molecule has 1 fully saturated rings. The Morgan fingerprint density at radius 1 is 0.915 bits per heavy atom. The predicted octanol–water partition coefficient (Wildman–Crippen LogP) is 9.58. The average Bonchev–Trinajstić information content (AvgIpc) is 3.38. The monoisotopic (exact) mass is 971 g/mol. The van der Waals surface area contributed by atoms with Crippen molar-refractivity contribution in [3.05, 3.63) is 170 Å². The molecule has 2 aliphatic carbocycles. The molecule has 1 aliphatic heterocycles. The molecule has 0 bridgehead atoms. The van der Waals surface area contributed by atoms with Gasteiger partial charge in [-0.3, -0.25) is 25.0 Å². The van der Waals surface area contributed by atoms with Gasteiger partial charge in [0.15, 0.2) is 0 Å². The molecule has 17 nitrogen and oxygen atoms in total. The van der Waals surface area contributed by atoms with E-state index in [0.29, 0.717) is 61.1 Å². The first-order chi connectivity index (χ1) is 34.5. The summed E-state index contributed by atoms with van der Waals surface area (Å²) in [4.78, 5) is 57.9. The highest BCUT2D eigenvalue weighted by Gasteiger charge is 2.65. The lowest BCUT2D eigenvalue weighted by atomic mass is 9.55. The summed E-state index contributed by atoms with van der Waals surface area (Å²) in [5, 5.41) is 50.4. The van der Waals surface area contributed by atoms with Crippen LogP contribution in [0.25, 0.3) is 6.08 Å². The van der Waals surface area contributed by atoms with E-state index < -0.39 is 39.6 Å². The van der Waals surface area contributed by atoms with Crippen LogP contribution in [0.5, 0.6) is 11.5 Å². The number of hydrogen-bond acceptors (Lipinski definition) is 13. The number of amides is 2. The number of aliphatic hydroxyl groups is 2. The number of nitro benzene ring substituents is 2. The summed E-state index contributed by atoms with van der Waals surface area (Å²) in [7, 11) is 0. The smallest absolute Gasteiger partial charge is 0.412 e. The molecule has 3 aliphatic rings. The Morgan fingerprint density at radius 3 is 2.27 bits per heavy atom. The third-order valence-corrected chi connectivity index (χ3v) is 13.3. The van der Waals surface area contributed by atoms with Crippen molar-refractivity contribution in [2.45, 2.75) is 89.2 Å². The van der Waals surface area contributed by atoms with Gasteiger partial charge in [0.2, 0.25) is 11.7 Å². The topological polar surface area (TPSA) is 225 Å². The van der Waals surface area contributed by atoms with Crippen molar-refractivity contribution < 1.29 is 48.7 Å². The lowest BCUT2D eigenvalue weighted by Gasteiger charge is -2.60. The Labute approximate surface area is 412 Å². The number of carbonyl (C=O) groups is 2. The Hall–Kier alpha value is -7.21. The van der Waals surface area contributed by atoms with E-state index in [1.54, 1.807) is 53.5 Å². The van der Waals surface area contributed by atoms with Gasteiger partial charge in [0.25, 0.3) is 11.4 Å². The first-order valence-corrected chi connectivity index (χ1v) is 24.2. The van der Waals surface area contributed by atoms with Crippen molar-refractivity contribution in [3.63, 3.8) is 0 Å². The number of benzene rings is 4. The third-order valence-electron chi connectivity index (χ3n) is 13.3. The minimum atomic E-state index is -1.57. The molecule has 71 heavy (non-hydrogen) atoms. The normalized spacial score (nSPS) is 21.5. The molecular formula is C54H61N5O12. The second-order valence-electron chi connectivity index (χ2n) is 17.9. The van der Waals surface area contributed by atoms with Crippen molar-refractivity contribution in [2.75, 3.05) is 26.4 Å². The minimum absolute atomic E-state index is 0.00566. The largest absolute Gasteiger partial charge is 0.459 e. The van der Waals surface area contributed by atoms with E-state index >= 15 is 0 Å². The lowest BCUT2D eigenvalue weighted by molar-refractivity contribution is -0.385. The molecule has 1 heterocycles. The maximum Gasteiger partial charge on any atom is 0.412 e. The van der Waals surface area contributed by atoms with Crippen LogP contribution in [0.1, 0.15) is 86.5 Å². The molecule has 0 spiro atoms. The summed E-state index contributed by atoms with van der Waals surface area (Å²) in [6, 6.07) is 25.8. The SMILES string of the molecule is C=CCOC12Oc3ccc(OC(=O)NCc4ccccc4)cc3C3C(CCCCO)C(CCCCO)C=C(C(=NOCc4ccc([N+](=O)[O-])cc4)CC1N(CCC)C(=O)C=Cc1ccc([N+](=O)[O-])cc1)C32. The Bertz CT molecular complexity index is 2590. The molecule has 374 valence electrons. The fourth-order valence-corrected chi connectivity index (χ4v) is 10.2. The second-order valence-corrected chi connectivity index (χ2v) is 17.9. The van der Waals surface area contributed by atoms with E-state index in [1.165, 1.54) is 30.3 Å². The molecule has 0 radical (unpaired) electrons. The molecular weight excluding hydrogens is 911 g/mol. The van der Waals surface area contributed by atoms with Crippen molar-refractivity contribution in [1.82, 2.24) is 10.2 Å². The summed E-state index contributed by atoms with van der Waals surface area (Å²) in [5.74, 6) is -2.43. The van der Waals surface area contributed by atoms with E-state index in [-0.39, 0.29) is 80.8 Å². The van der Waals surface area contributed by atoms with Crippen LogP contribution in [-0.2, 0) is 27.5 Å². The Balaban J connectivity index is 1.38. The number of fused-ring (bicyclic) bond motifs is 2. The number of nitrogens with zero attached hydrogens (tertiary/aromatic N) is 4. The predicted molar refractivity (Wildman–Crippen MR) is 266 cm³/mol. The van der Waals surface area contributed by atoms with Crippen LogP contribution < -0.4 is 14.8 Å². The average molecular weight is 972 g/mol. The van der Waals surface area contributed by atoms with Crippen molar-refractivity contribution in [3.8, 4) is 11.5 Å². The van der Waals surface area contributed by atoms with Gasteiger partial charge in [-0.1, -0.05) is 67.4 Å². The number of nitrogens with one attached hydrogen (secondary N) is 1. The fraction of sp³-hybridized carbons (Fsp3) is 0.389. The zero-order chi connectivity index (χ0) is 50.3. The Morgan fingerprint density at radius 2 is 1.61 bits per heavy atom. The molecule has 0 aromatic heterocycles. The van der Waals surface area contributed by atoms with Crippen LogP contribution in [0, 0.1) is 38.0 Å². The first kappa shape index (κ1) is 51.6. The summed E-state index contributed by atoms with van der Waals surface area (Å²) < 4.78 is 20.3. The maximum atomic E-state index is 14.8. The molecule has 0 saturated heterocycles. The Kier molecular flexibility index (Phi) is 17.9. The van der Waals surface area contributed by atoms with Gasteiger partial charge in [-0.25, -0.2) is 4.79 Å². The summed E-state index contributed by atoms with van der Waals surface area (Å²) in [6.45, 7) is 6.53. The highest BCUT2D eigenvalue weighted by molar-refractivity contribution is 6.03. The quantitative estimate of drug-likeness (QED) is 0.0196. The molecule has 2 amide bonds. The number of oxime groups is 1. The van der Waals surface area contributed by atoms with E-state index in [1.807, 2.05) is 43.3 Å². The van der Waals surface area contributed by atoms with Gasteiger partial charge in [-0.05, 0) is 115 Å². The number of nitro groups is 2. The molecule has 6 atom stereocenters. The van der Waals surface area contributed by atoms with Crippen LogP contribution in [0.4, 0.5) is 16.2 Å². The van der Waals surface area contributed by atoms with Crippen molar-refractivity contribution in [1.29, 1.82) is 0 Å². The molecule has 6 unspecified atom stereocenters. The van der Waals surface area contributed by atoms with Crippen LogP contribution in [-0.4, -0.2) is 80.9 Å². The zero-order valence-corrected chi connectivity index (χ0v) is 39.8. The molecule has 7 rings (SSSR count). The van der Waals surface area contributed by atoms with Crippen LogP contribution in [0.2, 0.25) is 0 Å². The van der Waals surface area contributed by atoms with E-state index in [9.17, 15) is 40.0 Å². The first-order valence-electron chi connectivity index (χ1n) is 24.2. The second kappa shape index (κ2) is 24.6. The third kappa shape index (κ3) is 12.4.